The molecule has 4 fully saturated rings. The monoisotopic (exact) mass is 526 g/mol. The summed E-state index contributed by atoms with van der Waals surface area (Å²) in [5.41, 5.74) is 0. The van der Waals surface area contributed by atoms with Gasteiger partial charge in [-0.2, -0.15) is 23.5 Å². The fourth-order valence-electron chi connectivity index (χ4n) is 2.94. The number of hydrogen-bond donors (Lipinski definition) is 0. The molecular weight excluding hydrogens is 488 g/mol. The largest absolute Gasteiger partial charge is 0.378 e. The van der Waals surface area contributed by atoms with Crippen molar-refractivity contribution in [3.8, 4) is 0 Å². The van der Waals surface area contributed by atoms with E-state index in [0.29, 0.717) is 48.1 Å². The first kappa shape index (κ1) is 26.8. The lowest BCUT2D eigenvalue weighted by molar-refractivity contribution is 0.116. The van der Waals surface area contributed by atoms with Gasteiger partial charge in [-0.05, 0) is 0 Å². The van der Waals surface area contributed by atoms with Crippen LogP contribution in [0.5, 0.6) is 0 Å². The molecule has 4 saturated heterocycles. The Labute approximate surface area is 210 Å². The first-order valence-electron chi connectivity index (χ1n) is 11.9. The molecule has 6 unspecified atom stereocenters. The summed E-state index contributed by atoms with van der Waals surface area (Å²) in [6.07, 6.45) is 1.28. The fraction of sp³-hybridized carbons (Fsp3) is 1.00. The van der Waals surface area contributed by atoms with Gasteiger partial charge in [-0.3, -0.25) is 0 Å². The molecule has 0 aromatic carbocycles. The van der Waals surface area contributed by atoms with Crippen LogP contribution < -0.4 is 0 Å². The summed E-state index contributed by atoms with van der Waals surface area (Å²) < 4.78 is 44.2. The van der Waals surface area contributed by atoms with Crippen LogP contribution in [0.2, 0.25) is 0 Å². The second kappa shape index (κ2) is 15.8. The summed E-state index contributed by atoms with van der Waals surface area (Å²) in [7, 11) is 0. The van der Waals surface area contributed by atoms with Crippen LogP contribution in [0.4, 0.5) is 0 Å². The zero-order valence-electron chi connectivity index (χ0n) is 19.3. The van der Waals surface area contributed by atoms with Crippen molar-refractivity contribution < 1.29 is 37.9 Å². The Kier molecular flexibility index (Phi) is 12.8. The van der Waals surface area contributed by atoms with E-state index in [2.05, 4.69) is 0 Å². The van der Waals surface area contributed by atoms with Gasteiger partial charge in [0, 0.05) is 33.5 Å². The fourth-order valence-corrected chi connectivity index (χ4v) is 6.56. The maximum absolute atomic E-state index is 5.97. The molecule has 11 heteroatoms. The minimum Gasteiger partial charge on any atom is -0.378 e. The maximum atomic E-state index is 5.97. The Morgan fingerprint density at radius 3 is 1.30 bits per heavy atom. The second-order valence-corrected chi connectivity index (χ2v) is 12.5. The van der Waals surface area contributed by atoms with Gasteiger partial charge in [-0.25, -0.2) is 0 Å². The molecule has 8 nitrogen and oxygen atoms in total. The number of rotatable bonds is 24. The summed E-state index contributed by atoms with van der Waals surface area (Å²) in [6.45, 7) is 9.24. The lowest BCUT2D eigenvalue weighted by Crippen LogP contribution is -2.26. The highest BCUT2D eigenvalue weighted by Crippen LogP contribution is 2.26. The standard InChI is InChI=1S/C22H38O8S3/c1(23-5-17-9-27-17)3-31-15-21(13-25-7-19-11-29-19)33-22(14-26-8-20-12-30-20)16-32-4-2-24-6-18-10-28-18/h17-22H,1-16H2. The van der Waals surface area contributed by atoms with Crippen LogP contribution in [-0.2, 0) is 37.9 Å². The highest BCUT2D eigenvalue weighted by molar-refractivity contribution is 8.05. The third-order valence-electron chi connectivity index (χ3n) is 5.17. The molecule has 4 aliphatic heterocycles. The van der Waals surface area contributed by atoms with Crippen LogP contribution in [0.3, 0.4) is 0 Å². The van der Waals surface area contributed by atoms with Crippen molar-refractivity contribution in [3.05, 3.63) is 0 Å². The van der Waals surface area contributed by atoms with Crippen LogP contribution in [-0.4, -0.2) is 137 Å². The van der Waals surface area contributed by atoms with Crippen LogP contribution in [0.15, 0.2) is 0 Å². The maximum Gasteiger partial charge on any atom is 0.104 e. The van der Waals surface area contributed by atoms with Gasteiger partial charge in [0.25, 0.3) is 0 Å². The van der Waals surface area contributed by atoms with E-state index in [1.165, 1.54) is 0 Å². The molecule has 0 saturated carbocycles. The van der Waals surface area contributed by atoms with Crippen molar-refractivity contribution in [1.29, 1.82) is 0 Å². The molecule has 6 atom stereocenters. The van der Waals surface area contributed by atoms with Crippen LogP contribution >= 0.6 is 35.3 Å². The van der Waals surface area contributed by atoms with E-state index < -0.39 is 0 Å². The quantitative estimate of drug-likeness (QED) is 0.136. The molecule has 4 heterocycles. The predicted molar refractivity (Wildman–Crippen MR) is 132 cm³/mol. The molecule has 33 heavy (non-hydrogen) atoms. The lowest BCUT2D eigenvalue weighted by atomic mass is 10.5. The average Bonchev–Trinajstić information content (AvgIpc) is 3.62. The van der Waals surface area contributed by atoms with Crippen molar-refractivity contribution in [2.24, 2.45) is 0 Å². The SMILES string of the molecule is C(CSCC(COCC1CO1)SC(COCC1CO1)CSCCOCC1CO1)OCC1CO1. The van der Waals surface area contributed by atoms with E-state index in [4.69, 9.17) is 37.9 Å². The van der Waals surface area contributed by atoms with Gasteiger partial charge in [0.1, 0.15) is 24.4 Å². The highest BCUT2D eigenvalue weighted by Gasteiger charge is 2.26. The molecule has 0 radical (unpaired) electrons. The lowest BCUT2D eigenvalue weighted by Gasteiger charge is -2.23. The Morgan fingerprint density at radius 2 is 0.939 bits per heavy atom. The van der Waals surface area contributed by atoms with Gasteiger partial charge in [-0.15, -0.1) is 11.8 Å². The van der Waals surface area contributed by atoms with Gasteiger partial charge >= 0.3 is 0 Å². The van der Waals surface area contributed by atoms with Crippen molar-refractivity contribution in [2.75, 3.05) is 102 Å². The van der Waals surface area contributed by atoms with E-state index in [9.17, 15) is 0 Å². The Hall–Kier alpha value is 0.730. The summed E-state index contributed by atoms with van der Waals surface area (Å²) in [4.78, 5) is 0. The van der Waals surface area contributed by atoms with Gasteiger partial charge in [0.15, 0.2) is 0 Å². The molecule has 0 bridgehead atoms. The van der Waals surface area contributed by atoms with E-state index >= 15 is 0 Å². The molecule has 0 aliphatic carbocycles. The molecule has 0 spiro atoms. The normalized spacial score (nSPS) is 29.1. The summed E-state index contributed by atoms with van der Waals surface area (Å²) in [6, 6.07) is 0. The smallest absolute Gasteiger partial charge is 0.104 e. The summed E-state index contributed by atoms with van der Waals surface area (Å²) >= 11 is 5.87. The Morgan fingerprint density at radius 1 is 0.576 bits per heavy atom. The van der Waals surface area contributed by atoms with Crippen LogP contribution in [0, 0.1) is 0 Å². The molecule has 0 aromatic rings. The van der Waals surface area contributed by atoms with Gasteiger partial charge in [0.2, 0.25) is 0 Å². The average molecular weight is 527 g/mol. The van der Waals surface area contributed by atoms with E-state index in [1.54, 1.807) is 0 Å². The molecule has 4 aliphatic rings. The molecular formula is C22H38O8S3. The van der Waals surface area contributed by atoms with Gasteiger partial charge in [0.05, 0.1) is 79.3 Å². The van der Waals surface area contributed by atoms with E-state index in [-0.39, 0.29) is 0 Å². The first-order chi connectivity index (χ1) is 16.3. The summed E-state index contributed by atoms with van der Waals surface area (Å²) in [5.74, 6) is 4.06. The van der Waals surface area contributed by atoms with Crippen LogP contribution in [0.25, 0.3) is 0 Å². The topological polar surface area (TPSA) is 87.0 Å². The highest BCUT2D eigenvalue weighted by atomic mass is 32.2. The van der Waals surface area contributed by atoms with Gasteiger partial charge < -0.3 is 37.9 Å². The van der Waals surface area contributed by atoms with Crippen LogP contribution in [0.1, 0.15) is 0 Å². The third-order valence-corrected chi connectivity index (χ3v) is 9.15. The number of thioether (sulfide) groups is 3. The predicted octanol–water partition coefficient (Wildman–Crippen LogP) is 1.58. The minimum absolute atomic E-state index is 0.301. The van der Waals surface area contributed by atoms with Gasteiger partial charge in [-0.1, -0.05) is 0 Å². The summed E-state index contributed by atoms with van der Waals surface area (Å²) in [5, 5.41) is 0.824. The molecule has 4 rings (SSSR count). The zero-order valence-corrected chi connectivity index (χ0v) is 21.7. The van der Waals surface area contributed by atoms with Crippen molar-refractivity contribution in [3.63, 3.8) is 0 Å². The van der Waals surface area contributed by atoms with E-state index in [0.717, 1.165) is 89.1 Å². The molecule has 192 valence electrons. The molecule has 0 amide bonds. The van der Waals surface area contributed by atoms with Crippen molar-refractivity contribution in [1.82, 2.24) is 0 Å². The number of ether oxygens (including phenoxy) is 8. The Bertz CT molecular complexity index is 474. The first-order valence-corrected chi connectivity index (χ1v) is 15.2. The second-order valence-electron chi connectivity index (χ2n) is 8.58. The van der Waals surface area contributed by atoms with Crippen molar-refractivity contribution >= 4 is 35.3 Å². The third kappa shape index (κ3) is 14.2. The molecule has 0 aromatic heterocycles. The molecule has 0 N–H and O–H groups in total. The van der Waals surface area contributed by atoms with Crippen molar-refractivity contribution in [2.45, 2.75) is 34.9 Å². The Balaban J connectivity index is 1.12. The number of hydrogen-bond acceptors (Lipinski definition) is 11. The minimum atomic E-state index is 0.301. The zero-order chi connectivity index (χ0) is 22.6. The number of epoxide rings is 4. The van der Waals surface area contributed by atoms with E-state index in [1.807, 2.05) is 35.3 Å².